The number of aliphatic hydroxyl groups is 3. The average Bonchev–Trinajstić information content (AvgIpc) is 2.90. The maximum absolute atomic E-state index is 13.8. The summed E-state index contributed by atoms with van der Waals surface area (Å²) < 4.78 is 41.4. The lowest BCUT2D eigenvalue weighted by Crippen LogP contribution is -2.56. The van der Waals surface area contributed by atoms with Crippen molar-refractivity contribution < 1.29 is 33.3 Å². The molecule has 1 aromatic heterocycles. The van der Waals surface area contributed by atoms with Gasteiger partial charge < -0.3 is 20.6 Å². The van der Waals surface area contributed by atoms with Gasteiger partial charge in [-0.05, 0) is 86.8 Å². The van der Waals surface area contributed by atoms with Crippen molar-refractivity contribution in [2.75, 3.05) is 11.9 Å². The Morgan fingerprint density at radius 3 is 2.63 bits per heavy atom. The second-order valence-corrected chi connectivity index (χ2v) is 10.4. The lowest BCUT2D eigenvalue weighted by Gasteiger charge is -2.51. The number of benzene rings is 1. The fourth-order valence-corrected chi connectivity index (χ4v) is 5.89. The Balaban J connectivity index is 1.75. The van der Waals surface area contributed by atoms with Crippen LogP contribution in [0.4, 0.5) is 18.9 Å². The molecule has 3 unspecified atom stereocenters. The highest BCUT2D eigenvalue weighted by molar-refractivity contribution is 6.04. The van der Waals surface area contributed by atoms with Crippen molar-refractivity contribution in [3.8, 4) is 0 Å². The summed E-state index contributed by atoms with van der Waals surface area (Å²) in [5, 5.41) is 34.0. The number of aromatic nitrogens is 1. The SMILES string of the molecule is Cc1ncccc1NC(=O)c1ccc(C2(CC3=CC=CCC3)CCC(O)(C(F)(F)F)CC2CO)c(CO)c1. The third-order valence-electron chi connectivity index (χ3n) is 8.07. The number of hydrogen-bond donors (Lipinski definition) is 4. The van der Waals surface area contributed by atoms with Crippen LogP contribution >= 0.6 is 0 Å². The summed E-state index contributed by atoms with van der Waals surface area (Å²) in [6.07, 6.45) is 3.36. The van der Waals surface area contributed by atoms with Crippen LogP contribution in [0.2, 0.25) is 0 Å². The standard InChI is InChI=1S/C29H33F3N2O4/c1-19-25(8-5-13-33-19)34-26(37)21-9-10-24(22(14-21)17-35)27(15-20-6-3-2-4-7-20)11-12-28(38,29(30,31)32)16-23(27)18-36/h2-3,5-6,8-10,13-14,23,35-36,38H,4,7,11-12,15-18H2,1H3,(H,34,37). The number of aryl methyl sites for hydroxylation is 1. The first kappa shape index (κ1) is 28.0. The number of pyridine rings is 1. The lowest BCUT2D eigenvalue weighted by atomic mass is 9.55. The number of allylic oxidation sites excluding steroid dienone is 4. The van der Waals surface area contributed by atoms with E-state index < -0.39 is 55.1 Å². The van der Waals surface area contributed by atoms with Gasteiger partial charge in [-0.2, -0.15) is 13.2 Å². The molecule has 204 valence electrons. The van der Waals surface area contributed by atoms with Crippen LogP contribution in [0, 0.1) is 12.8 Å². The molecule has 3 atom stereocenters. The zero-order valence-electron chi connectivity index (χ0n) is 21.3. The zero-order chi connectivity index (χ0) is 27.6. The molecule has 0 bridgehead atoms. The predicted molar refractivity (Wildman–Crippen MR) is 137 cm³/mol. The first-order valence-corrected chi connectivity index (χ1v) is 12.7. The van der Waals surface area contributed by atoms with Gasteiger partial charge in [-0.1, -0.05) is 29.9 Å². The van der Waals surface area contributed by atoms with Crippen molar-refractivity contribution in [1.29, 1.82) is 0 Å². The fraction of sp³-hybridized carbons (Fsp3) is 0.448. The zero-order valence-corrected chi connectivity index (χ0v) is 21.3. The summed E-state index contributed by atoms with van der Waals surface area (Å²) in [7, 11) is 0. The second kappa shape index (κ2) is 11.0. The number of amides is 1. The van der Waals surface area contributed by atoms with Gasteiger partial charge in [-0.25, -0.2) is 0 Å². The molecule has 2 aliphatic carbocycles. The Morgan fingerprint density at radius 2 is 2.00 bits per heavy atom. The third-order valence-corrected chi connectivity index (χ3v) is 8.07. The maximum atomic E-state index is 13.8. The summed E-state index contributed by atoms with van der Waals surface area (Å²) in [4.78, 5) is 17.2. The Morgan fingerprint density at radius 1 is 1.21 bits per heavy atom. The molecule has 4 N–H and O–H groups in total. The van der Waals surface area contributed by atoms with Gasteiger partial charge in [-0.3, -0.25) is 9.78 Å². The van der Waals surface area contributed by atoms with Crippen molar-refractivity contribution in [1.82, 2.24) is 4.98 Å². The number of halogens is 3. The van der Waals surface area contributed by atoms with Crippen molar-refractivity contribution in [3.63, 3.8) is 0 Å². The number of carbonyl (C=O) groups is 1. The number of hydrogen-bond acceptors (Lipinski definition) is 5. The van der Waals surface area contributed by atoms with E-state index in [1.807, 2.05) is 18.2 Å². The van der Waals surface area contributed by atoms with E-state index in [0.717, 1.165) is 18.4 Å². The quantitative estimate of drug-likeness (QED) is 0.398. The van der Waals surface area contributed by atoms with E-state index in [0.29, 0.717) is 28.9 Å². The minimum atomic E-state index is -4.83. The minimum absolute atomic E-state index is 0.0390. The number of nitrogens with one attached hydrogen (secondary N) is 1. The number of alkyl halides is 3. The molecule has 38 heavy (non-hydrogen) atoms. The number of carbonyl (C=O) groups excluding carboxylic acids is 1. The van der Waals surface area contributed by atoms with Gasteiger partial charge in [0, 0.05) is 23.8 Å². The van der Waals surface area contributed by atoms with Crippen molar-refractivity contribution in [3.05, 3.63) is 82.7 Å². The molecule has 2 aliphatic rings. The summed E-state index contributed by atoms with van der Waals surface area (Å²) in [5.74, 6) is -1.33. The highest BCUT2D eigenvalue weighted by Gasteiger charge is 2.60. The molecule has 0 radical (unpaired) electrons. The van der Waals surface area contributed by atoms with E-state index >= 15 is 0 Å². The molecule has 0 saturated heterocycles. The van der Waals surface area contributed by atoms with Crippen molar-refractivity contribution in [2.24, 2.45) is 5.92 Å². The number of aliphatic hydroxyl groups excluding tert-OH is 2. The van der Waals surface area contributed by atoms with Crippen LogP contribution in [-0.2, 0) is 12.0 Å². The summed E-state index contributed by atoms with van der Waals surface area (Å²) in [5.41, 5.74) is -0.378. The molecule has 2 aromatic rings. The van der Waals surface area contributed by atoms with Crippen LogP contribution in [0.15, 0.2) is 60.3 Å². The van der Waals surface area contributed by atoms with E-state index in [-0.39, 0.29) is 12.0 Å². The fourth-order valence-electron chi connectivity index (χ4n) is 5.89. The van der Waals surface area contributed by atoms with Gasteiger partial charge in [0.25, 0.3) is 5.91 Å². The summed E-state index contributed by atoms with van der Waals surface area (Å²) in [6.45, 7) is 0.761. The van der Waals surface area contributed by atoms with E-state index in [4.69, 9.17) is 0 Å². The van der Waals surface area contributed by atoms with E-state index in [1.165, 1.54) is 0 Å². The smallest absolute Gasteiger partial charge is 0.396 e. The normalized spacial score (nSPS) is 25.7. The molecule has 9 heteroatoms. The monoisotopic (exact) mass is 530 g/mol. The molecular formula is C29H33F3N2O4. The van der Waals surface area contributed by atoms with Crippen LogP contribution in [0.5, 0.6) is 0 Å². The van der Waals surface area contributed by atoms with Crippen LogP contribution in [0.25, 0.3) is 0 Å². The van der Waals surface area contributed by atoms with Gasteiger partial charge in [0.05, 0.1) is 18.0 Å². The average molecular weight is 531 g/mol. The van der Waals surface area contributed by atoms with Gasteiger partial charge in [-0.15, -0.1) is 0 Å². The second-order valence-electron chi connectivity index (χ2n) is 10.4. The maximum Gasteiger partial charge on any atom is 0.417 e. The van der Waals surface area contributed by atoms with Gasteiger partial charge >= 0.3 is 6.18 Å². The summed E-state index contributed by atoms with van der Waals surface area (Å²) >= 11 is 0. The largest absolute Gasteiger partial charge is 0.417 e. The first-order valence-electron chi connectivity index (χ1n) is 12.7. The Bertz CT molecular complexity index is 1240. The highest BCUT2D eigenvalue weighted by Crippen LogP contribution is 2.55. The first-order chi connectivity index (χ1) is 18.0. The molecule has 4 rings (SSSR count). The van der Waals surface area contributed by atoms with Crippen LogP contribution in [0.1, 0.15) is 65.7 Å². The van der Waals surface area contributed by atoms with E-state index in [2.05, 4.69) is 10.3 Å². The minimum Gasteiger partial charge on any atom is -0.396 e. The van der Waals surface area contributed by atoms with Gasteiger partial charge in [0.2, 0.25) is 0 Å². The van der Waals surface area contributed by atoms with Crippen molar-refractivity contribution >= 4 is 11.6 Å². The Labute approximate surface area is 219 Å². The molecule has 1 fully saturated rings. The van der Waals surface area contributed by atoms with E-state index in [9.17, 15) is 33.3 Å². The van der Waals surface area contributed by atoms with Gasteiger partial charge in [0.15, 0.2) is 5.60 Å². The number of anilines is 1. The Hall–Kier alpha value is -3.01. The third kappa shape index (κ3) is 5.41. The Kier molecular flexibility index (Phi) is 8.11. The van der Waals surface area contributed by atoms with E-state index in [1.54, 1.807) is 43.5 Å². The molecule has 1 amide bonds. The van der Waals surface area contributed by atoms with Crippen molar-refractivity contribution in [2.45, 2.75) is 69.2 Å². The van der Waals surface area contributed by atoms with Crippen LogP contribution < -0.4 is 5.32 Å². The van der Waals surface area contributed by atoms with Crippen LogP contribution in [0.3, 0.4) is 0 Å². The molecular weight excluding hydrogens is 497 g/mol. The predicted octanol–water partition coefficient (Wildman–Crippen LogP) is 5.12. The molecule has 0 spiro atoms. The molecule has 6 nitrogen and oxygen atoms in total. The molecule has 1 saturated carbocycles. The number of rotatable bonds is 7. The molecule has 0 aliphatic heterocycles. The molecule has 1 aromatic carbocycles. The number of nitrogens with zero attached hydrogens (tertiary/aromatic N) is 1. The van der Waals surface area contributed by atoms with Crippen LogP contribution in [-0.4, -0.2) is 44.6 Å². The van der Waals surface area contributed by atoms with Gasteiger partial charge in [0.1, 0.15) is 0 Å². The summed E-state index contributed by atoms with van der Waals surface area (Å²) in [6, 6.07) is 8.23. The topological polar surface area (TPSA) is 103 Å². The molecule has 1 heterocycles. The highest BCUT2D eigenvalue weighted by atomic mass is 19.4. The lowest BCUT2D eigenvalue weighted by molar-refractivity contribution is -0.280.